The Morgan fingerprint density at radius 3 is 2.15 bits per heavy atom. The molecule has 3 N–H and O–H groups in total. The standard InChI is InChI=1S/C21H24N6/c1-14(2)22-19-25-20(23-17-9-4-3-5-10-17)27-21(26-19)24-18-12-11-15-7-6-8-16(15)13-18/h3-5,9-14H,6-8H2,1-2H3,(H3,22,23,24,25,26,27). The summed E-state index contributed by atoms with van der Waals surface area (Å²) in [6, 6.07) is 16.6. The van der Waals surface area contributed by atoms with E-state index in [0.29, 0.717) is 17.8 Å². The Morgan fingerprint density at radius 1 is 0.741 bits per heavy atom. The molecule has 6 heteroatoms. The van der Waals surface area contributed by atoms with Crippen LogP contribution in [0.15, 0.2) is 48.5 Å². The molecule has 27 heavy (non-hydrogen) atoms. The molecule has 0 fully saturated rings. The summed E-state index contributed by atoms with van der Waals surface area (Å²) < 4.78 is 0. The third-order valence-corrected chi connectivity index (χ3v) is 4.44. The first-order valence-corrected chi connectivity index (χ1v) is 9.39. The molecule has 1 heterocycles. The Hall–Kier alpha value is -3.15. The van der Waals surface area contributed by atoms with E-state index in [1.807, 2.05) is 30.3 Å². The number of nitrogens with one attached hydrogen (secondary N) is 3. The van der Waals surface area contributed by atoms with Crippen LogP contribution in [0.2, 0.25) is 0 Å². The van der Waals surface area contributed by atoms with Crippen molar-refractivity contribution in [1.82, 2.24) is 15.0 Å². The number of aromatic nitrogens is 3. The van der Waals surface area contributed by atoms with Crippen LogP contribution in [0.4, 0.5) is 29.2 Å². The van der Waals surface area contributed by atoms with E-state index in [1.165, 1.54) is 24.0 Å². The molecule has 2 aromatic carbocycles. The van der Waals surface area contributed by atoms with Crippen molar-refractivity contribution in [3.8, 4) is 0 Å². The number of hydrogen-bond donors (Lipinski definition) is 3. The Bertz CT molecular complexity index is 923. The van der Waals surface area contributed by atoms with Crippen molar-refractivity contribution < 1.29 is 0 Å². The van der Waals surface area contributed by atoms with Gasteiger partial charge in [0.2, 0.25) is 17.8 Å². The summed E-state index contributed by atoms with van der Waals surface area (Å²) in [6.07, 6.45) is 3.55. The van der Waals surface area contributed by atoms with E-state index in [4.69, 9.17) is 0 Å². The average molecular weight is 360 g/mol. The Morgan fingerprint density at radius 2 is 1.41 bits per heavy atom. The first-order valence-electron chi connectivity index (χ1n) is 9.39. The molecular weight excluding hydrogens is 336 g/mol. The van der Waals surface area contributed by atoms with Crippen LogP contribution in [0.25, 0.3) is 0 Å². The maximum absolute atomic E-state index is 4.54. The molecule has 6 nitrogen and oxygen atoms in total. The van der Waals surface area contributed by atoms with Crippen molar-refractivity contribution in [2.24, 2.45) is 0 Å². The molecule has 3 aromatic rings. The third-order valence-electron chi connectivity index (χ3n) is 4.44. The lowest BCUT2D eigenvalue weighted by Crippen LogP contribution is -2.15. The monoisotopic (exact) mass is 360 g/mol. The van der Waals surface area contributed by atoms with E-state index in [0.717, 1.165) is 17.8 Å². The number of benzene rings is 2. The molecule has 0 aliphatic heterocycles. The second kappa shape index (κ2) is 7.61. The lowest BCUT2D eigenvalue weighted by molar-refractivity contribution is 0.869. The molecule has 0 amide bonds. The van der Waals surface area contributed by atoms with Crippen molar-refractivity contribution in [3.63, 3.8) is 0 Å². The maximum Gasteiger partial charge on any atom is 0.233 e. The van der Waals surface area contributed by atoms with E-state index < -0.39 is 0 Å². The predicted molar refractivity (Wildman–Crippen MR) is 110 cm³/mol. The zero-order valence-electron chi connectivity index (χ0n) is 15.7. The van der Waals surface area contributed by atoms with Crippen molar-refractivity contribution in [2.75, 3.05) is 16.0 Å². The highest BCUT2D eigenvalue weighted by molar-refractivity contribution is 5.60. The van der Waals surface area contributed by atoms with Gasteiger partial charge in [0.05, 0.1) is 0 Å². The van der Waals surface area contributed by atoms with Gasteiger partial charge >= 0.3 is 0 Å². The number of anilines is 5. The molecule has 0 saturated carbocycles. The van der Waals surface area contributed by atoms with Gasteiger partial charge in [0.15, 0.2) is 0 Å². The minimum Gasteiger partial charge on any atom is -0.352 e. The average Bonchev–Trinajstić information content (AvgIpc) is 3.09. The summed E-state index contributed by atoms with van der Waals surface area (Å²) in [5.74, 6) is 1.56. The van der Waals surface area contributed by atoms with Gasteiger partial charge in [-0.2, -0.15) is 15.0 Å². The fourth-order valence-corrected chi connectivity index (χ4v) is 3.24. The number of hydrogen-bond acceptors (Lipinski definition) is 6. The highest BCUT2D eigenvalue weighted by Gasteiger charge is 2.12. The summed E-state index contributed by atoms with van der Waals surface area (Å²) in [4.78, 5) is 13.5. The van der Waals surface area contributed by atoms with Gasteiger partial charge in [-0.1, -0.05) is 24.3 Å². The van der Waals surface area contributed by atoms with Gasteiger partial charge in [-0.25, -0.2) is 0 Å². The van der Waals surface area contributed by atoms with E-state index >= 15 is 0 Å². The van der Waals surface area contributed by atoms with Gasteiger partial charge in [-0.15, -0.1) is 0 Å². The first-order chi connectivity index (χ1) is 13.2. The van der Waals surface area contributed by atoms with E-state index in [1.54, 1.807) is 0 Å². The number of rotatable bonds is 6. The molecule has 1 aliphatic rings. The molecule has 0 radical (unpaired) electrons. The number of fused-ring (bicyclic) bond motifs is 1. The summed E-state index contributed by atoms with van der Waals surface area (Å²) in [5, 5.41) is 9.83. The summed E-state index contributed by atoms with van der Waals surface area (Å²) in [5.41, 5.74) is 4.80. The second-order valence-electron chi connectivity index (χ2n) is 7.06. The van der Waals surface area contributed by atoms with Crippen LogP contribution in [0.3, 0.4) is 0 Å². The van der Waals surface area contributed by atoms with E-state index in [-0.39, 0.29) is 6.04 Å². The molecule has 138 valence electrons. The van der Waals surface area contributed by atoms with Crippen LogP contribution >= 0.6 is 0 Å². The normalized spacial score (nSPS) is 12.7. The lowest BCUT2D eigenvalue weighted by Gasteiger charge is -2.13. The van der Waals surface area contributed by atoms with Crippen LogP contribution < -0.4 is 16.0 Å². The summed E-state index contributed by atoms with van der Waals surface area (Å²) in [6.45, 7) is 4.11. The van der Waals surface area contributed by atoms with Crippen LogP contribution in [-0.2, 0) is 12.8 Å². The Kier molecular flexibility index (Phi) is 4.87. The summed E-state index contributed by atoms with van der Waals surface area (Å²) >= 11 is 0. The number of para-hydroxylation sites is 1. The predicted octanol–water partition coefficient (Wildman–Crippen LogP) is 4.67. The molecule has 0 bridgehead atoms. The molecule has 0 spiro atoms. The topological polar surface area (TPSA) is 74.8 Å². The van der Waals surface area contributed by atoms with Gasteiger partial charge in [0.1, 0.15) is 0 Å². The van der Waals surface area contributed by atoms with E-state index in [2.05, 4.69) is 62.9 Å². The smallest absolute Gasteiger partial charge is 0.233 e. The largest absolute Gasteiger partial charge is 0.352 e. The van der Waals surface area contributed by atoms with Crippen molar-refractivity contribution in [1.29, 1.82) is 0 Å². The van der Waals surface area contributed by atoms with Gasteiger partial charge in [-0.3, -0.25) is 0 Å². The van der Waals surface area contributed by atoms with Gasteiger partial charge in [0, 0.05) is 17.4 Å². The minimum atomic E-state index is 0.227. The minimum absolute atomic E-state index is 0.227. The number of aryl methyl sites for hydroxylation is 2. The van der Waals surface area contributed by atoms with Crippen LogP contribution in [0.1, 0.15) is 31.4 Å². The van der Waals surface area contributed by atoms with Gasteiger partial charge < -0.3 is 16.0 Å². The van der Waals surface area contributed by atoms with Crippen molar-refractivity contribution in [2.45, 2.75) is 39.2 Å². The molecule has 0 atom stereocenters. The molecule has 0 unspecified atom stereocenters. The quantitative estimate of drug-likeness (QED) is 0.593. The molecule has 1 aromatic heterocycles. The molecular formula is C21H24N6. The van der Waals surface area contributed by atoms with Gasteiger partial charge in [0.25, 0.3) is 0 Å². The zero-order chi connectivity index (χ0) is 18.6. The first kappa shape index (κ1) is 17.3. The van der Waals surface area contributed by atoms with Crippen molar-refractivity contribution >= 4 is 29.2 Å². The SMILES string of the molecule is CC(C)Nc1nc(Nc2ccccc2)nc(Nc2ccc3c(c2)CCC3)n1. The fraction of sp³-hybridized carbons (Fsp3) is 0.286. The number of nitrogens with zero attached hydrogens (tertiary/aromatic N) is 3. The summed E-state index contributed by atoms with van der Waals surface area (Å²) in [7, 11) is 0. The Balaban J connectivity index is 1.61. The molecule has 0 saturated heterocycles. The highest BCUT2D eigenvalue weighted by atomic mass is 15.3. The lowest BCUT2D eigenvalue weighted by atomic mass is 10.1. The van der Waals surface area contributed by atoms with Crippen LogP contribution in [0, 0.1) is 0 Å². The zero-order valence-corrected chi connectivity index (χ0v) is 15.7. The van der Waals surface area contributed by atoms with E-state index in [9.17, 15) is 0 Å². The third kappa shape index (κ3) is 4.34. The fourth-order valence-electron chi connectivity index (χ4n) is 3.24. The highest BCUT2D eigenvalue weighted by Crippen LogP contribution is 2.26. The maximum atomic E-state index is 4.54. The van der Waals surface area contributed by atoms with Crippen molar-refractivity contribution in [3.05, 3.63) is 59.7 Å². The van der Waals surface area contributed by atoms with Crippen LogP contribution in [-0.4, -0.2) is 21.0 Å². The van der Waals surface area contributed by atoms with Gasteiger partial charge in [-0.05, 0) is 68.5 Å². The van der Waals surface area contributed by atoms with Crippen LogP contribution in [0.5, 0.6) is 0 Å². The molecule has 1 aliphatic carbocycles. The Labute approximate surface area is 159 Å². The molecule has 4 rings (SSSR count). The second-order valence-corrected chi connectivity index (χ2v) is 7.06.